The van der Waals surface area contributed by atoms with E-state index >= 15 is 0 Å². The number of hydrogen-bond acceptors (Lipinski definition) is 2. The number of aliphatic carboxylic acids is 2. The van der Waals surface area contributed by atoms with Gasteiger partial charge in [0.05, 0.1) is 0 Å². The third-order valence-electron chi connectivity index (χ3n) is 0.302. The molecular weight excluding hydrogens is 229 g/mol. The molecule has 0 aliphatic heterocycles. The van der Waals surface area contributed by atoms with Gasteiger partial charge in [-0.25, -0.2) is 0 Å². The number of hydrogen-bond donors (Lipinski definition) is 2. The molecule has 0 aliphatic carbocycles. The van der Waals surface area contributed by atoms with Gasteiger partial charge < -0.3 is 10.2 Å². The van der Waals surface area contributed by atoms with Crippen LogP contribution in [0.25, 0.3) is 0 Å². The fourth-order valence-electron chi connectivity index (χ4n) is 0.129. The van der Waals surface area contributed by atoms with Gasteiger partial charge in [0.15, 0.2) is 0 Å². The first-order chi connectivity index (χ1) is 3.13. The first-order valence-corrected chi connectivity index (χ1v) is 1.56. The second-order valence-corrected chi connectivity index (χ2v) is 0.964. The topological polar surface area (TPSA) is 74.6 Å². The molecule has 6 heteroatoms. The predicted molar refractivity (Wildman–Crippen MR) is 19.9 cm³/mol. The summed E-state index contributed by atoms with van der Waals surface area (Å²) in [4.78, 5) is 18.9. The van der Waals surface area contributed by atoms with Crippen LogP contribution in [0, 0.1) is 0 Å². The standard InChI is InChI=1S/C3H4O4.Cu.Zn/c4-2(5)1-3(6)7;;/h1H2,(H,4,5)(H,6,7);;. The van der Waals surface area contributed by atoms with Crippen molar-refractivity contribution in [1.29, 1.82) is 0 Å². The summed E-state index contributed by atoms with van der Waals surface area (Å²) in [7, 11) is 0. The van der Waals surface area contributed by atoms with Gasteiger partial charge in [-0.15, -0.1) is 0 Å². The van der Waals surface area contributed by atoms with Crippen molar-refractivity contribution in [3.63, 3.8) is 0 Å². The normalized spacial score (nSPS) is 6.22. The molecule has 2 N–H and O–H groups in total. The first-order valence-electron chi connectivity index (χ1n) is 1.56. The number of carbonyl (C=O) groups is 2. The molecule has 0 aliphatic rings. The Morgan fingerprint density at radius 3 is 1.33 bits per heavy atom. The predicted octanol–water partition coefficient (Wildman–Crippen LogP) is -0.459. The maximum Gasteiger partial charge on any atom is 0.314 e. The Labute approximate surface area is 74.9 Å². The molecule has 0 aromatic heterocycles. The summed E-state index contributed by atoms with van der Waals surface area (Å²) in [5.41, 5.74) is 0. The maximum absolute atomic E-state index is 9.43. The third-order valence-corrected chi connectivity index (χ3v) is 0.302. The van der Waals surface area contributed by atoms with Crippen LogP contribution in [-0.2, 0) is 46.1 Å². The molecule has 0 fully saturated rings. The molecule has 53 valence electrons. The molecule has 0 atom stereocenters. The molecule has 0 rings (SSSR count). The Bertz CT molecular complexity index is 92.0. The van der Waals surface area contributed by atoms with E-state index in [-0.39, 0.29) is 36.5 Å². The second kappa shape index (κ2) is 8.08. The summed E-state index contributed by atoms with van der Waals surface area (Å²) >= 11 is 0. The van der Waals surface area contributed by atoms with E-state index in [1.807, 2.05) is 0 Å². The molecule has 0 heterocycles. The van der Waals surface area contributed by atoms with Gasteiger partial charge in [0.1, 0.15) is 6.42 Å². The van der Waals surface area contributed by atoms with Crippen molar-refractivity contribution in [3.8, 4) is 0 Å². The van der Waals surface area contributed by atoms with Crippen LogP contribution < -0.4 is 0 Å². The van der Waals surface area contributed by atoms with Crippen LogP contribution in [0.3, 0.4) is 0 Å². The summed E-state index contributed by atoms with van der Waals surface area (Å²) < 4.78 is 0. The number of carboxylic acid groups (broad SMARTS) is 2. The fourth-order valence-corrected chi connectivity index (χ4v) is 0.129. The zero-order chi connectivity index (χ0) is 5.86. The van der Waals surface area contributed by atoms with Crippen molar-refractivity contribution < 1.29 is 56.3 Å². The van der Waals surface area contributed by atoms with E-state index in [1.165, 1.54) is 0 Å². The summed E-state index contributed by atoms with van der Waals surface area (Å²) in [6.45, 7) is 0. The maximum atomic E-state index is 9.43. The molecule has 0 spiro atoms. The molecule has 0 unspecified atom stereocenters. The van der Waals surface area contributed by atoms with E-state index in [0.29, 0.717) is 0 Å². The van der Waals surface area contributed by atoms with E-state index in [1.54, 1.807) is 0 Å². The summed E-state index contributed by atoms with van der Waals surface area (Å²) in [6, 6.07) is 0. The molecule has 0 saturated carbocycles. The van der Waals surface area contributed by atoms with Gasteiger partial charge in [-0.1, -0.05) is 0 Å². The zero-order valence-electron chi connectivity index (χ0n) is 4.43. The van der Waals surface area contributed by atoms with Crippen molar-refractivity contribution in [2.75, 3.05) is 0 Å². The molecule has 0 aromatic carbocycles. The monoisotopic (exact) mass is 231 g/mol. The average molecular weight is 233 g/mol. The Morgan fingerprint density at radius 1 is 1.11 bits per heavy atom. The van der Waals surface area contributed by atoms with Crippen molar-refractivity contribution in [2.45, 2.75) is 6.42 Å². The molecule has 4 nitrogen and oxygen atoms in total. The van der Waals surface area contributed by atoms with Crippen molar-refractivity contribution in [1.82, 2.24) is 0 Å². The van der Waals surface area contributed by atoms with Crippen LogP contribution in [0.15, 0.2) is 0 Å². The molecular formula is C3H4CuO4Zn. The Kier molecular flexibility index (Phi) is 14.4. The third kappa shape index (κ3) is 17.9. The van der Waals surface area contributed by atoms with Crippen LogP contribution in [0.1, 0.15) is 6.42 Å². The molecule has 0 amide bonds. The number of carboxylic acids is 2. The smallest absolute Gasteiger partial charge is 0.314 e. The van der Waals surface area contributed by atoms with Crippen molar-refractivity contribution in [3.05, 3.63) is 0 Å². The van der Waals surface area contributed by atoms with Crippen LogP contribution >= 0.6 is 0 Å². The Balaban J connectivity index is -0.000000180. The van der Waals surface area contributed by atoms with Crippen LogP contribution in [0.2, 0.25) is 0 Å². The zero-order valence-corrected chi connectivity index (χ0v) is 8.34. The summed E-state index contributed by atoms with van der Waals surface area (Å²) in [6.07, 6.45) is -0.806. The largest absolute Gasteiger partial charge is 0.481 e. The molecule has 9 heavy (non-hydrogen) atoms. The minimum atomic E-state index is -1.31. The van der Waals surface area contributed by atoms with E-state index in [4.69, 9.17) is 10.2 Å². The SMILES string of the molecule is O=C(O)CC(=O)O.[Cu].[Zn]. The van der Waals surface area contributed by atoms with Gasteiger partial charge in [-0.2, -0.15) is 0 Å². The van der Waals surface area contributed by atoms with E-state index in [2.05, 4.69) is 0 Å². The average Bonchev–Trinajstić information content (AvgIpc) is 1.27. The van der Waals surface area contributed by atoms with Gasteiger partial charge in [0, 0.05) is 36.5 Å². The van der Waals surface area contributed by atoms with Crippen molar-refractivity contribution >= 4 is 11.9 Å². The van der Waals surface area contributed by atoms with Gasteiger partial charge in [-0.05, 0) is 0 Å². The molecule has 1 radical (unpaired) electrons. The Hall–Kier alpha value is 0.0829. The second-order valence-electron chi connectivity index (χ2n) is 0.964. The minimum Gasteiger partial charge on any atom is -0.481 e. The van der Waals surface area contributed by atoms with Gasteiger partial charge in [-0.3, -0.25) is 9.59 Å². The summed E-state index contributed by atoms with van der Waals surface area (Å²) in [5.74, 6) is -2.62. The minimum absolute atomic E-state index is 0. The molecule has 0 aromatic rings. The van der Waals surface area contributed by atoms with E-state index < -0.39 is 18.4 Å². The van der Waals surface area contributed by atoms with Crippen LogP contribution in [0.4, 0.5) is 0 Å². The summed E-state index contributed by atoms with van der Waals surface area (Å²) in [5, 5.41) is 15.4. The van der Waals surface area contributed by atoms with Crippen LogP contribution in [0.5, 0.6) is 0 Å². The molecule has 0 saturated heterocycles. The van der Waals surface area contributed by atoms with Gasteiger partial charge >= 0.3 is 11.9 Å². The van der Waals surface area contributed by atoms with Gasteiger partial charge in [0.25, 0.3) is 0 Å². The molecule has 0 bridgehead atoms. The number of rotatable bonds is 2. The Morgan fingerprint density at radius 2 is 1.33 bits per heavy atom. The first kappa shape index (κ1) is 16.0. The van der Waals surface area contributed by atoms with E-state index in [9.17, 15) is 9.59 Å². The van der Waals surface area contributed by atoms with E-state index in [0.717, 1.165) is 0 Å². The van der Waals surface area contributed by atoms with Crippen molar-refractivity contribution in [2.24, 2.45) is 0 Å². The fraction of sp³-hybridized carbons (Fsp3) is 0.333. The van der Waals surface area contributed by atoms with Gasteiger partial charge in [0.2, 0.25) is 0 Å². The quantitative estimate of drug-likeness (QED) is 0.500. The van der Waals surface area contributed by atoms with Crippen LogP contribution in [-0.4, -0.2) is 22.2 Å².